The Balaban J connectivity index is 2.76. The lowest BCUT2D eigenvalue weighted by Crippen LogP contribution is -2.52. The Morgan fingerprint density at radius 3 is 2.33 bits per heavy atom. The van der Waals surface area contributed by atoms with Crippen LogP contribution in [0, 0.1) is 5.41 Å². The van der Waals surface area contributed by atoms with Gasteiger partial charge in [-0.15, -0.1) is 0 Å². The van der Waals surface area contributed by atoms with E-state index < -0.39 is 5.60 Å². The Bertz CT molecular complexity index is 326. The highest BCUT2D eigenvalue weighted by atomic mass is 16.6. The van der Waals surface area contributed by atoms with E-state index in [4.69, 9.17) is 4.74 Å². The lowest BCUT2D eigenvalue weighted by Gasteiger charge is -2.40. The van der Waals surface area contributed by atoms with Crippen molar-refractivity contribution in [3.8, 4) is 0 Å². The molecule has 4 nitrogen and oxygen atoms in total. The van der Waals surface area contributed by atoms with Crippen LogP contribution in [0.4, 0.5) is 4.79 Å². The molecule has 0 spiro atoms. The number of Topliss-reactive ketones (excluding diaryl/α,β-unsaturated/α-hetero) is 1. The average molecular weight is 255 g/mol. The Kier molecular flexibility index (Phi) is 4.41. The highest BCUT2D eigenvalue weighted by Gasteiger charge is 2.42. The molecule has 0 aliphatic carbocycles. The van der Waals surface area contributed by atoms with Crippen molar-refractivity contribution < 1.29 is 14.3 Å². The normalized spacial score (nSPS) is 19.8. The number of carbonyl (C=O) groups excluding carboxylic acids is 2. The second-order valence-electron chi connectivity index (χ2n) is 6.06. The zero-order valence-electron chi connectivity index (χ0n) is 12.2. The van der Waals surface area contributed by atoms with Crippen molar-refractivity contribution in [2.75, 3.05) is 13.1 Å². The summed E-state index contributed by atoms with van der Waals surface area (Å²) in [5.74, 6) is 0.285. The van der Waals surface area contributed by atoms with Crippen LogP contribution in [0.25, 0.3) is 0 Å². The molecule has 0 atom stereocenters. The van der Waals surface area contributed by atoms with Crippen molar-refractivity contribution in [1.82, 2.24) is 4.90 Å². The molecule has 0 aromatic rings. The Labute approximate surface area is 110 Å². The number of hydrogen-bond acceptors (Lipinski definition) is 3. The van der Waals surface area contributed by atoms with E-state index in [2.05, 4.69) is 0 Å². The molecular weight excluding hydrogens is 230 g/mol. The number of ether oxygens (including phenoxy) is 1. The van der Waals surface area contributed by atoms with Crippen molar-refractivity contribution in [2.24, 2.45) is 5.41 Å². The van der Waals surface area contributed by atoms with Gasteiger partial charge >= 0.3 is 6.09 Å². The SMILES string of the molecule is CCC1(CC)CN(C(=O)OC(C)(C)C)CCC1=O. The van der Waals surface area contributed by atoms with Gasteiger partial charge in [-0.3, -0.25) is 4.79 Å². The molecule has 1 rings (SSSR count). The molecule has 0 radical (unpaired) electrons. The lowest BCUT2D eigenvalue weighted by molar-refractivity contribution is -0.134. The summed E-state index contributed by atoms with van der Waals surface area (Å²) in [5.41, 5.74) is -0.852. The van der Waals surface area contributed by atoms with Gasteiger partial charge in [-0.1, -0.05) is 13.8 Å². The van der Waals surface area contributed by atoms with Gasteiger partial charge < -0.3 is 9.64 Å². The molecule has 0 aromatic carbocycles. The van der Waals surface area contributed by atoms with Crippen LogP contribution in [-0.4, -0.2) is 35.5 Å². The van der Waals surface area contributed by atoms with Crippen LogP contribution >= 0.6 is 0 Å². The number of ketones is 1. The van der Waals surface area contributed by atoms with Crippen molar-refractivity contribution in [3.63, 3.8) is 0 Å². The molecule has 0 bridgehead atoms. The molecule has 18 heavy (non-hydrogen) atoms. The predicted octanol–water partition coefficient (Wildman–Crippen LogP) is 3.00. The molecule has 1 fully saturated rings. The number of hydrogen-bond donors (Lipinski definition) is 0. The largest absolute Gasteiger partial charge is 0.444 e. The number of likely N-dealkylation sites (tertiary alicyclic amines) is 1. The maximum Gasteiger partial charge on any atom is 0.410 e. The molecule has 1 saturated heterocycles. The van der Waals surface area contributed by atoms with E-state index in [1.54, 1.807) is 4.90 Å². The molecule has 1 heterocycles. The van der Waals surface area contributed by atoms with Crippen LogP contribution in [0.2, 0.25) is 0 Å². The highest BCUT2D eigenvalue weighted by molar-refractivity contribution is 5.87. The number of piperidine rings is 1. The number of amides is 1. The fraction of sp³-hybridized carbons (Fsp3) is 0.857. The summed E-state index contributed by atoms with van der Waals surface area (Å²) in [6, 6.07) is 0. The third-order valence-electron chi connectivity index (χ3n) is 3.70. The first kappa shape index (κ1) is 15.0. The minimum atomic E-state index is -0.486. The summed E-state index contributed by atoms with van der Waals surface area (Å²) >= 11 is 0. The summed E-state index contributed by atoms with van der Waals surface area (Å²) in [4.78, 5) is 25.8. The molecule has 0 saturated carbocycles. The van der Waals surface area contributed by atoms with Crippen LogP contribution < -0.4 is 0 Å². The number of rotatable bonds is 2. The predicted molar refractivity (Wildman–Crippen MR) is 70.4 cm³/mol. The van der Waals surface area contributed by atoms with Crippen LogP contribution in [0.1, 0.15) is 53.9 Å². The first-order chi connectivity index (χ1) is 8.24. The monoisotopic (exact) mass is 255 g/mol. The van der Waals surface area contributed by atoms with E-state index in [1.807, 2.05) is 34.6 Å². The standard InChI is InChI=1S/C14H25NO3/c1-6-14(7-2)10-15(9-8-11(14)16)12(17)18-13(3,4)5/h6-10H2,1-5H3. The van der Waals surface area contributed by atoms with Gasteiger partial charge in [0.05, 0.1) is 0 Å². The Morgan fingerprint density at radius 1 is 1.33 bits per heavy atom. The van der Waals surface area contributed by atoms with E-state index in [0.717, 1.165) is 12.8 Å². The van der Waals surface area contributed by atoms with E-state index in [-0.39, 0.29) is 17.3 Å². The second-order valence-corrected chi connectivity index (χ2v) is 6.06. The first-order valence-electron chi connectivity index (χ1n) is 6.75. The van der Waals surface area contributed by atoms with Crippen LogP contribution in [-0.2, 0) is 9.53 Å². The summed E-state index contributed by atoms with van der Waals surface area (Å²) in [6.07, 6.45) is 1.70. The summed E-state index contributed by atoms with van der Waals surface area (Å²) < 4.78 is 5.37. The summed E-state index contributed by atoms with van der Waals surface area (Å²) in [6.45, 7) is 10.6. The average Bonchev–Trinajstić information content (AvgIpc) is 2.28. The van der Waals surface area contributed by atoms with Gasteiger partial charge in [0, 0.05) is 24.9 Å². The van der Waals surface area contributed by atoms with Gasteiger partial charge in [-0.2, -0.15) is 0 Å². The highest BCUT2D eigenvalue weighted by Crippen LogP contribution is 2.34. The zero-order valence-corrected chi connectivity index (χ0v) is 12.2. The molecule has 1 aliphatic rings. The first-order valence-corrected chi connectivity index (χ1v) is 6.75. The lowest BCUT2D eigenvalue weighted by atomic mass is 9.74. The van der Waals surface area contributed by atoms with Crippen molar-refractivity contribution in [1.29, 1.82) is 0 Å². The smallest absolute Gasteiger partial charge is 0.410 e. The van der Waals surface area contributed by atoms with E-state index in [0.29, 0.717) is 19.5 Å². The molecule has 0 N–H and O–H groups in total. The molecule has 1 amide bonds. The van der Waals surface area contributed by atoms with Crippen molar-refractivity contribution in [2.45, 2.75) is 59.5 Å². The Hall–Kier alpha value is -1.06. The second kappa shape index (κ2) is 5.29. The molecule has 0 aromatic heterocycles. The Morgan fingerprint density at radius 2 is 1.89 bits per heavy atom. The van der Waals surface area contributed by atoms with E-state index in [1.165, 1.54) is 0 Å². The third-order valence-corrected chi connectivity index (χ3v) is 3.70. The summed E-state index contributed by atoms with van der Waals surface area (Å²) in [5, 5.41) is 0. The topological polar surface area (TPSA) is 46.6 Å². The third kappa shape index (κ3) is 3.24. The van der Waals surface area contributed by atoms with Crippen LogP contribution in [0.15, 0.2) is 0 Å². The molecule has 4 heteroatoms. The van der Waals surface area contributed by atoms with Gasteiger partial charge in [0.1, 0.15) is 11.4 Å². The van der Waals surface area contributed by atoms with Gasteiger partial charge in [-0.05, 0) is 33.6 Å². The van der Waals surface area contributed by atoms with Gasteiger partial charge in [0.2, 0.25) is 0 Å². The van der Waals surface area contributed by atoms with Crippen molar-refractivity contribution >= 4 is 11.9 Å². The van der Waals surface area contributed by atoms with E-state index in [9.17, 15) is 9.59 Å². The molecule has 1 aliphatic heterocycles. The van der Waals surface area contributed by atoms with E-state index >= 15 is 0 Å². The maximum atomic E-state index is 12.1. The minimum absolute atomic E-state index is 0.285. The molecule has 104 valence electrons. The maximum absolute atomic E-state index is 12.1. The van der Waals surface area contributed by atoms with Crippen LogP contribution in [0.5, 0.6) is 0 Å². The van der Waals surface area contributed by atoms with Crippen LogP contribution in [0.3, 0.4) is 0 Å². The van der Waals surface area contributed by atoms with Gasteiger partial charge in [-0.25, -0.2) is 4.79 Å². The number of nitrogens with zero attached hydrogens (tertiary/aromatic N) is 1. The fourth-order valence-corrected chi connectivity index (χ4v) is 2.38. The van der Waals surface area contributed by atoms with Gasteiger partial charge in [0.15, 0.2) is 0 Å². The summed E-state index contributed by atoms with van der Waals surface area (Å²) in [7, 11) is 0. The quantitative estimate of drug-likeness (QED) is 0.762. The molecular formula is C14H25NO3. The minimum Gasteiger partial charge on any atom is -0.444 e. The van der Waals surface area contributed by atoms with Crippen molar-refractivity contribution in [3.05, 3.63) is 0 Å². The van der Waals surface area contributed by atoms with Gasteiger partial charge in [0.25, 0.3) is 0 Å². The molecule has 0 unspecified atom stereocenters. The zero-order chi connectivity index (χ0) is 14.0. The number of carbonyl (C=O) groups is 2. The fourth-order valence-electron chi connectivity index (χ4n) is 2.38.